The van der Waals surface area contributed by atoms with Crippen LogP contribution in [0.5, 0.6) is 0 Å². The number of hydrogen-bond donors (Lipinski definition) is 3. The minimum Gasteiger partial charge on any atom is -0.462 e. The highest BCUT2D eigenvalue weighted by atomic mass is 31.2. The van der Waals surface area contributed by atoms with Gasteiger partial charge in [0.1, 0.15) is 19.3 Å². The summed E-state index contributed by atoms with van der Waals surface area (Å²) >= 11 is 0. The molecule has 5 atom stereocenters. The number of rotatable bonds is 69. The van der Waals surface area contributed by atoms with Crippen LogP contribution in [0.25, 0.3) is 0 Å². The molecule has 0 aromatic carbocycles. The van der Waals surface area contributed by atoms with E-state index in [-0.39, 0.29) is 25.7 Å². The van der Waals surface area contributed by atoms with Crippen LogP contribution in [-0.4, -0.2) is 96.7 Å². The van der Waals surface area contributed by atoms with Crippen molar-refractivity contribution in [2.45, 2.75) is 362 Å². The van der Waals surface area contributed by atoms with Crippen molar-refractivity contribution in [2.24, 2.45) is 17.8 Å². The Morgan fingerprint density at radius 2 is 0.587 bits per heavy atom. The third-order valence-corrected chi connectivity index (χ3v) is 18.2. The minimum atomic E-state index is -4.96. The van der Waals surface area contributed by atoms with E-state index in [0.717, 1.165) is 127 Å². The van der Waals surface area contributed by atoms with E-state index in [1.165, 1.54) is 128 Å². The summed E-state index contributed by atoms with van der Waals surface area (Å²) in [6, 6.07) is 0. The molecule has 0 amide bonds. The average Bonchev–Trinajstić information content (AvgIpc) is 2.85. The van der Waals surface area contributed by atoms with Gasteiger partial charge in [-0.1, -0.05) is 291 Å². The molecule has 0 spiro atoms. The molecular formula is C73H138O17P2. The highest BCUT2D eigenvalue weighted by molar-refractivity contribution is 7.47. The van der Waals surface area contributed by atoms with E-state index in [2.05, 4.69) is 72.8 Å². The molecular weight excluding hydrogens is 1210 g/mol. The molecule has 0 heterocycles. The number of esters is 4. The van der Waals surface area contributed by atoms with Gasteiger partial charge in [-0.25, -0.2) is 9.13 Å². The zero-order valence-electron chi connectivity index (χ0n) is 59.5. The zero-order chi connectivity index (χ0) is 68.0. The van der Waals surface area contributed by atoms with Gasteiger partial charge in [0.15, 0.2) is 12.2 Å². The predicted octanol–water partition coefficient (Wildman–Crippen LogP) is 20.6. The Kier molecular flexibility index (Phi) is 61.6. The molecule has 0 bridgehead atoms. The fraction of sp³-hybridized carbons (Fsp3) is 0.890. The molecule has 92 heavy (non-hydrogen) atoms. The van der Waals surface area contributed by atoms with Crippen molar-refractivity contribution in [3.8, 4) is 0 Å². The first-order chi connectivity index (χ1) is 44.2. The normalized spacial score (nSPS) is 14.3. The van der Waals surface area contributed by atoms with Crippen LogP contribution < -0.4 is 0 Å². The number of allylic oxidation sites excluding steroid dienone is 4. The van der Waals surface area contributed by atoms with Crippen LogP contribution in [0.15, 0.2) is 24.3 Å². The van der Waals surface area contributed by atoms with E-state index >= 15 is 0 Å². The van der Waals surface area contributed by atoms with Gasteiger partial charge < -0.3 is 33.8 Å². The number of carbonyl (C=O) groups excluding carboxylic acids is 4. The Bertz CT molecular complexity index is 1890. The molecule has 19 heteroatoms. The second-order valence-corrected chi connectivity index (χ2v) is 30.0. The van der Waals surface area contributed by atoms with Crippen molar-refractivity contribution in [3.63, 3.8) is 0 Å². The molecule has 0 rings (SSSR count). The summed E-state index contributed by atoms with van der Waals surface area (Å²) in [5.41, 5.74) is 0. The van der Waals surface area contributed by atoms with Crippen molar-refractivity contribution in [3.05, 3.63) is 24.3 Å². The highest BCUT2D eigenvalue weighted by Gasteiger charge is 2.30. The molecule has 0 fully saturated rings. The second kappa shape index (κ2) is 63.3. The fourth-order valence-corrected chi connectivity index (χ4v) is 12.1. The van der Waals surface area contributed by atoms with Gasteiger partial charge in [0.25, 0.3) is 0 Å². The van der Waals surface area contributed by atoms with Gasteiger partial charge in [-0.15, -0.1) is 0 Å². The first-order valence-corrected chi connectivity index (χ1v) is 40.2. The first-order valence-electron chi connectivity index (χ1n) is 37.2. The number of phosphoric ester groups is 2. The number of hydrogen-bond acceptors (Lipinski definition) is 15. The highest BCUT2D eigenvalue weighted by Crippen LogP contribution is 2.45. The van der Waals surface area contributed by atoms with E-state index in [9.17, 15) is 43.2 Å². The molecule has 0 radical (unpaired) electrons. The molecule has 3 N–H and O–H groups in total. The van der Waals surface area contributed by atoms with E-state index in [1.54, 1.807) is 0 Å². The van der Waals surface area contributed by atoms with Gasteiger partial charge in [0.2, 0.25) is 0 Å². The first kappa shape index (κ1) is 89.5. The van der Waals surface area contributed by atoms with Crippen LogP contribution in [0.1, 0.15) is 344 Å². The number of aliphatic hydroxyl groups is 1. The largest absolute Gasteiger partial charge is 0.472 e. The minimum absolute atomic E-state index is 0.0995. The molecule has 17 nitrogen and oxygen atoms in total. The van der Waals surface area contributed by atoms with Gasteiger partial charge in [0.05, 0.1) is 26.4 Å². The molecule has 0 saturated heterocycles. The van der Waals surface area contributed by atoms with Gasteiger partial charge in [-0.3, -0.25) is 37.3 Å². The molecule has 0 aromatic heterocycles. The molecule has 542 valence electrons. The Labute approximate surface area is 561 Å². The maximum Gasteiger partial charge on any atom is 0.472 e. The van der Waals surface area contributed by atoms with E-state index in [4.69, 9.17) is 37.0 Å². The maximum absolute atomic E-state index is 13.0. The zero-order valence-corrected chi connectivity index (χ0v) is 61.3. The Hall–Kier alpha value is -2.46. The lowest BCUT2D eigenvalue weighted by Crippen LogP contribution is -2.30. The average molecular weight is 1350 g/mol. The number of ether oxygens (including phenoxy) is 4. The molecule has 0 aliphatic rings. The summed E-state index contributed by atoms with van der Waals surface area (Å²) in [5.74, 6) is 0.0585. The lowest BCUT2D eigenvalue weighted by molar-refractivity contribution is -0.161. The monoisotopic (exact) mass is 1350 g/mol. The molecule has 3 unspecified atom stereocenters. The third kappa shape index (κ3) is 66.2. The third-order valence-electron chi connectivity index (χ3n) is 16.3. The molecule has 0 aliphatic carbocycles. The Balaban J connectivity index is 5.29. The smallest absolute Gasteiger partial charge is 0.462 e. The number of carbonyl (C=O) groups is 4. The topological polar surface area (TPSA) is 237 Å². The van der Waals surface area contributed by atoms with Crippen molar-refractivity contribution in [1.82, 2.24) is 0 Å². The van der Waals surface area contributed by atoms with Crippen molar-refractivity contribution in [1.29, 1.82) is 0 Å². The molecule has 0 saturated carbocycles. The van der Waals surface area contributed by atoms with E-state index < -0.39 is 97.5 Å². The summed E-state index contributed by atoms with van der Waals surface area (Å²) in [5, 5.41) is 10.6. The molecule has 0 aliphatic heterocycles. The second-order valence-electron chi connectivity index (χ2n) is 27.1. The van der Waals surface area contributed by atoms with Crippen molar-refractivity contribution >= 4 is 39.5 Å². The SMILES string of the molecule is CCCCCC/C=C\C=C/CCCCCCCC(=O)OC[C@H](COP(=O)(O)OCC(O)COP(=O)(O)OC[C@@H](COC(=O)CCCCCCCCCC(C)C)OC(=O)CCCCCCCCCCCC(C)C)OC(=O)CCCCCCCCCCCCCCC(C)C. The fourth-order valence-electron chi connectivity index (χ4n) is 10.5. The lowest BCUT2D eigenvalue weighted by atomic mass is 10.0. The summed E-state index contributed by atoms with van der Waals surface area (Å²) < 4.78 is 68.3. The quantitative estimate of drug-likeness (QED) is 0.0169. The summed E-state index contributed by atoms with van der Waals surface area (Å²) in [6.45, 7) is 11.7. The summed E-state index contributed by atoms with van der Waals surface area (Å²) in [7, 11) is -9.92. The standard InChI is InChI=1S/C73H138O17P2/c1-8-9-10-11-12-13-14-15-16-17-21-26-33-40-47-54-70(75)83-60-68(89-72(77)56-49-42-34-27-22-19-18-20-24-30-37-44-51-64(2)3)62-87-91(79,80)85-58-67(74)59-86-92(81,82)88-63-69(61-84-71(76)55-48-41-36-29-32-39-46-53-66(6)7)90-73(78)57-50-43-35-28-23-25-31-38-45-52-65(4)5/h13-16,64-69,74H,8-12,17-63H2,1-7H3,(H,79,80)(H,81,82)/b14-13-,16-15-/t67?,68-,69-/m1/s1. The number of aliphatic hydroxyl groups excluding tert-OH is 1. The summed E-state index contributed by atoms with van der Waals surface area (Å²) in [4.78, 5) is 72.6. The van der Waals surface area contributed by atoms with Crippen LogP contribution in [0, 0.1) is 17.8 Å². The van der Waals surface area contributed by atoms with Gasteiger partial charge in [-0.05, 0) is 69.1 Å². The van der Waals surface area contributed by atoms with Crippen LogP contribution in [-0.2, 0) is 65.4 Å². The van der Waals surface area contributed by atoms with Gasteiger partial charge in [0, 0.05) is 25.7 Å². The van der Waals surface area contributed by atoms with Gasteiger partial charge in [-0.2, -0.15) is 0 Å². The predicted molar refractivity (Wildman–Crippen MR) is 372 cm³/mol. The summed E-state index contributed by atoms with van der Waals surface area (Å²) in [6.07, 6.45) is 50.8. The molecule has 0 aromatic rings. The van der Waals surface area contributed by atoms with Crippen LogP contribution in [0.3, 0.4) is 0 Å². The van der Waals surface area contributed by atoms with Crippen molar-refractivity contribution in [2.75, 3.05) is 39.6 Å². The number of unbranched alkanes of at least 4 members (excludes halogenated alkanes) is 34. The Morgan fingerprint density at radius 1 is 0.337 bits per heavy atom. The van der Waals surface area contributed by atoms with E-state index in [1.807, 2.05) is 0 Å². The Morgan fingerprint density at radius 3 is 0.880 bits per heavy atom. The van der Waals surface area contributed by atoms with E-state index in [0.29, 0.717) is 31.6 Å². The van der Waals surface area contributed by atoms with Crippen LogP contribution in [0.2, 0.25) is 0 Å². The maximum atomic E-state index is 13.0. The van der Waals surface area contributed by atoms with Crippen LogP contribution in [0.4, 0.5) is 0 Å². The van der Waals surface area contributed by atoms with Crippen molar-refractivity contribution < 1.29 is 80.2 Å². The number of phosphoric acid groups is 2. The van der Waals surface area contributed by atoms with Gasteiger partial charge >= 0.3 is 39.5 Å². The van der Waals surface area contributed by atoms with Crippen LogP contribution >= 0.6 is 15.6 Å². The lowest BCUT2D eigenvalue weighted by Gasteiger charge is -2.21.